The number of halogens is 1. The first-order valence-corrected chi connectivity index (χ1v) is 10.4. The number of rotatable bonds is 4. The number of para-hydroxylation sites is 2. The van der Waals surface area contributed by atoms with E-state index in [0.717, 1.165) is 35.6 Å². The molecule has 0 unspecified atom stereocenters. The monoisotopic (exact) mass is 433 g/mol. The Morgan fingerprint density at radius 2 is 1.90 bits per heavy atom. The summed E-state index contributed by atoms with van der Waals surface area (Å²) in [6, 6.07) is 16.9. The van der Waals surface area contributed by atoms with Gasteiger partial charge in [0, 0.05) is 29.9 Å². The molecule has 1 aliphatic heterocycles. The molecule has 0 spiro atoms. The van der Waals surface area contributed by atoms with Gasteiger partial charge in [0.25, 0.3) is 5.91 Å². The standard InChI is InChI=1S/C23H20ClN5O2/c24-17-5-3-4-16(14-17)18-15-25-29-9-8-20(26-22(18)29)23(30)27-19-6-1-2-7-21(19)28-10-12-31-13-11-28/h1-9,14-15H,10-13H2,(H,27,30). The number of nitrogens with zero attached hydrogens (tertiary/aromatic N) is 4. The average molecular weight is 434 g/mol. The summed E-state index contributed by atoms with van der Waals surface area (Å²) >= 11 is 6.14. The van der Waals surface area contributed by atoms with Crippen LogP contribution in [0.5, 0.6) is 0 Å². The van der Waals surface area contributed by atoms with Crippen LogP contribution in [0, 0.1) is 0 Å². The maximum atomic E-state index is 13.0. The summed E-state index contributed by atoms with van der Waals surface area (Å²) in [6.07, 6.45) is 3.46. The average Bonchev–Trinajstić information content (AvgIpc) is 3.23. The van der Waals surface area contributed by atoms with Gasteiger partial charge in [-0.25, -0.2) is 9.50 Å². The van der Waals surface area contributed by atoms with Crippen LogP contribution in [0.15, 0.2) is 67.0 Å². The highest BCUT2D eigenvalue weighted by Crippen LogP contribution is 2.28. The molecule has 4 aromatic rings. The van der Waals surface area contributed by atoms with Crippen molar-refractivity contribution >= 4 is 34.5 Å². The van der Waals surface area contributed by atoms with Crippen molar-refractivity contribution in [3.05, 3.63) is 77.7 Å². The van der Waals surface area contributed by atoms with Gasteiger partial charge in [-0.1, -0.05) is 35.9 Å². The fourth-order valence-corrected chi connectivity index (χ4v) is 3.89. The van der Waals surface area contributed by atoms with Crippen molar-refractivity contribution in [2.45, 2.75) is 0 Å². The van der Waals surface area contributed by atoms with Crippen molar-refractivity contribution in [1.82, 2.24) is 14.6 Å². The van der Waals surface area contributed by atoms with Crippen molar-refractivity contribution in [3.8, 4) is 11.1 Å². The van der Waals surface area contributed by atoms with Crippen LogP contribution >= 0.6 is 11.6 Å². The largest absolute Gasteiger partial charge is 0.378 e. The summed E-state index contributed by atoms with van der Waals surface area (Å²) in [4.78, 5) is 19.9. The van der Waals surface area contributed by atoms with Crippen LogP contribution in [0.4, 0.5) is 11.4 Å². The number of nitrogens with one attached hydrogen (secondary N) is 1. The zero-order valence-corrected chi connectivity index (χ0v) is 17.4. The molecule has 31 heavy (non-hydrogen) atoms. The molecule has 8 heteroatoms. The third-order valence-corrected chi connectivity index (χ3v) is 5.48. The number of amides is 1. The lowest BCUT2D eigenvalue weighted by atomic mass is 10.1. The topological polar surface area (TPSA) is 71.8 Å². The van der Waals surface area contributed by atoms with Crippen molar-refractivity contribution in [2.75, 3.05) is 36.5 Å². The highest BCUT2D eigenvalue weighted by Gasteiger charge is 2.18. The fraction of sp³-hybridized carbons (Fsp3) is 0.174. The first-order chi connectivity index (χ1) is 15.2. The Morgan fingerprint density at radius 1 is 1.06 bits per heavy atom. The zero-order chi connectivity index (χ0) is 21.2. The maximum Gasteiger partial charge on any atom is 0.274 e. The van der Waals surface area contributed by atoms with E-state index >= 15 is 0 Å². The molecule has 0 bridgehead atoms. The molecule has 1 saturated heterocycles. The molecule has 0 saturated carbocycles. The van der Waals surface area contributed by atoms with Crippen LogP contribution in [-0.4, -0.2) is 46.8 Å². The number of hydrogen-bond donors (Lipinski definition) is 1. The van der Waals surface area contributed by atoms with E-state index in [9.17, 15) is 4.79 Å². The molecule has 1 amide bonds. The smallest absolute Gasteiger partial charge is 0.274 e. The van der Waals surface area contributed by atoms with Crippen LogP contribution in [0.3, 0.4) is 0 Å². The molecular weight excluding hydrogens is 414 g/mol. The lowest BCUT2D eigenvalue weighted by Crippen LogP contribution is -2.36. The molecule has 0 radical (unpaired) electrons. The van der Waals surface area contributed by atoms with Crippen LogP contribution in [-0.2, 0) is 4.74 Å². The van der Waals surface area contributed by atoms with Gasteiger partial charge in [-0.15, -0.1) is 0 Å². The van der Waals surface area contributed by atoms with Crippen LogP contribution in [0.1, 0.15) is 10.5 Å². The molecule has 1 aliphatic rings. The predicted molar refractivity (Wildman–Crippen MR) is 121 cm³/mol. The van der Waals surface area contributed by atoms with E-state index in [1.54, 1.807) is 23.0 Å². The zero-order valence-electron chi connectivity index (χ0n) is 16.7. The van der Waals surface area contributed by atoms with E-state index in [-0.39, 0.29) is 5.91 Å². The Bertz CT molecular complexity index is 1250. The van der Waals surface area contributed by atoms with Gasteiger partial charge in [-0.3, -0.25) is 4.79 Å². The Hall–Kier alpha value is -3.42. The number of benzene rings is 2. The maximum absolute atomic E-state index is 13.0. The predicted octanol–water partition coefficient (Wildman–Crippen LogP) is 4.14. The number of hydrogen-bond acceptors (Lipinski definition) is 5. The fourth-order valence-electron chi connectivity index (χ4n) is 3.70. The van der Waals surface area contributed by atoms with Crippen molar-refractivity contribution in [3.63, 3.8) is 0 Å². The Morgan fingerprint density at radius 3 is 2.74 bits per heavy atom. The normalized spacial score (nSPS) is 14.0. The number of ether oxygens (including phenoxy) is 1. The van der Waals surface area contributed by atoms with E-state index in [1.165, 1.54) is 0 Å². The van der Waals surface area contributed by atoms with Gasteiger partial charge in [-0.05, 0) is 35.9 Å². The second-order valence-electron chi connectivity index (χ2n) is 7.22. The third-order valence-electron chi connectivity index (χ3n) is 5.24. The number of carbonyl (C=O) groups excluding carboxylic acids is 1. The number of anilines is 2. The first-order valence-electron chi connectivity index (χ1n) is 10.0. The molecule has 1 N–H and O–H groups in total. The van der Waals surface area contributed by atoms with Crippen LogP contribution in [0.25, 0.3) is 16.8 Å². The lowest BCUT2D eigenvalue weighted by Gasteiger charge is -2.30. The molecule has 1 fully saturated rings. The summed E-state index contributed by atoms with van der Waals surface area (Å²) in [5.41, 5.74) is 4.34. The van der Waals surface area contributed by atoms with Gasteiger partial charge < -0.3 is 15.0 Å². The summed E-state index contributed by atoms with van der Waals surface area (Å²) in [5, 5.41) is 7.99. The molecule has 0 atom stereocenters. The second-order valence-corrected chi connectivity index (χ2v) is 7.66. The van der Waals surface area contributed by atoms with Crippen molar-refractivity contribution in [1.29, 1.82) is 0 Å². The van der Waals surface area contributed by atoms with Gasteiger partial charge in [0.1, 0.15) is 5.69 Å². The molecule has 2 aromatic carbocycles. The van der Waals surface area contributed by atoms with E-state index in [4.69, 9.17) is 16.3 Å². The number of fused-ring (bicyclic) bond motifs is 1. The minimum Gasteiger partial charge on any atom is -0.378 e. The van der Waals surface area contributed by atoms with Gasteiger partial charge >= 0.3 is 0 Å². The SMILES string of the molecule is O=C(Nc1ccccc1N1CCOCC1)c1ccn2ncc(-c3cccc(Cl)c3)c2n1. The highest BCUT2D eigenvalue weighted by molar-refractivity contribution is 6.30. The third kappa shape index (κ3) is 3.97. The summed E-state index contributed by atoms with van der Waals surface area (Å²) < 4.78 is 7.09. The molecule has 7 nitrogen and oxygen atoms in total. The van der Waals surface area contributed by atoms with E-state index in [2.05, 4.69) is 20.3 Å². The van der Waals surface area contributed by atoms with E-state index < -0.39 is 0 Å². The number of carbonyl (C=O) groups is 1. The van der Waals surface area contributed by atoms with Gasteiger partial charge in [0.05, 0.1) is 30.8 Å². The summed E-state index contributed by atoms with van der Waals surface area (Å²) in [6.45, 7) is 2.92. The minimum absolute atomic E-state index is 0.276. The number of aromatic nitrogens is 3. The molecule has 2 aromatic heterocycles. The molecular formula is C23H20ClN5O2. The van der Waals surface area contributed by atoms with E-state index in [1.807, 2.05) is 48.5 Å². The summed E-state index contributed by atoms with van der Waals surface area (Å²) in [5.74, 6) is -0.276. The molecule has 3 heterocycles. The Balaban J connectivity index is 1.45. The first kappa shape index (κ1) is 19.5. The second kappa shape index (κ2) is 8.37. The van der Waals surface area contributed by atoms with Crippen molar-refractivity contribution < 1.29 is 9.53 Å². The van der Waals surface area contributed by atoms with Gasteiger partial charge in [-0.2, -0.15) is 5.10 Å². The van der Waals surface area contributed by atoms with E-state index in [0.29, 0.717) is 29.6 Å². The molecule has 0 aliphatic carbocycles. The minimum atomic E-state index is -0.276. The quantitative estimate of drug-likeness (QED) is 0.523. The Labute approximate surface area is 184 Å². The van der Waals surface area contributed by atoms with Crippen molar-refractivity contribution in [2.24, 2.45) is 0 Å². The highest BCUT2D eigenvalue weighted by atomic mass is 35.5. The number of morpholine rings is 1. The van der Waals surface area contributed by atoms with Crippen LogP contribution < -0.4 is 10.2 Å². The van der Waals surface area contributed by atoms with Gasteiger partial charge in [0.2, 0.25) is 0 Å². The van der Waals surface area contributed by atoms with Gasteiger partial charge in [0.15, 0.2) is 5.65 Å². The molecule has 5 rings (SSSR count). The summed E-state index contributed by atoms with van der Waals surface area (Å²) in [7, 11) is 0. The van der Waals surface area contributed by atoms with Crippen LogP contribution in [0.2, 0.25) is 5.02 Å². The Kier molecular flexibility index (Phi) is 5.28. The molecule has 156 valence electrons. The lowest BCUT2D eigenvalue weighted by molar-refractivity contribution is 0.102.